The lowest BCUT2D eigenvalue weighted by Crippen LogP contribution is -2.34. The molecule has 11 nitrogen and oxygen atoms in total. The number of pyridine rings is 1. The molecule has 1 fully saturated rings. The molecule has 1 aliphatic rings. The van der Waals surface area contributed by atoms with Gasteiger partial charge in [0.25, 0.3) is 0 Å². The standard InChI is InChI=1S/C33H36N6O5S2/c1-33(2,3)46(42,43)31-16-23-24(38-22-5-6-30-26(15-22)37-20-45-30)7-10-34-25(23)17-29(31)44-14-4-11-39-12-8-21(9-13-39)27-18-36-28(19-35-27)32(40)41/h5-7,10,15-21H,4,8-9,11-14H2,1-3H3,(H,34,38)(H,40,41). The lowest BCUT2D eigenvalue weighted by molar-refractivity contribution is 0.0689. The van der Waals surface area contributed by atoms with Crippen LogP contribution in [0.15, 0.2) is 65.4 Å². The van der Waals surface area contributed by atoms with E-state index in [0.29, 0.717) is 23.3 Å². The van der Waals surface area contributed by atoms with E-state index in [2.05, 4.69) is 30.2 Å². The molecule has 0 radical (unpaired) electrons. The van der Waals surface area contributed by atoms with Gasteiger partial charge in [-0.05, 0) is 83.5 Å². The van der Waals surface area contributed by atoms with Crippen LogP contribution in [0.3, 0.4) is 0 Å². The summed E-state index contributed by atoms with van der Waals surface area (Å²) in [7, 11) is -3.75. The summed E-state index contributed by atoms with van der Waals surface area (Å²) >= 11 is 1.58. The third-order valence-corrected chi connectivity index (χ3v) is 11.6. The van der Waals surface area contributed by atoms with Crippen LogP contribution in [0.1, 0.15) is 62.1 Å². The number of hydrogen-bond acceptors (Lipinski definition) is 11. The molecule has 5 aromatic rings. The molecule has 0 saturated carbocycles. The Balaban J connectivity index is 1.15. The fourth-order valence-corrected chi connectivity index (χ4v) is 7.56. The van der Waals surface area contributed by atoms with Crippen molar-refractivity contribution < 1.29 is 23.1 Å². The van der Waals surface area contributed by atoms with Gasteiger partial charge in [0, 0.05) is 47.7 Å². The number of ether oxygens (including phenoxy) is 1. The van der Waals surface area contributed by atoms with Crippen LogP contribution < -0.4 is 10.1 Å². The number of fused-ring (bicyclic) bond motifs is 2. The molecule has 0 unspecified atom stereocenters. The summed E-state index contributed by atoms with van der Waals surface area (Å²) in [5.41, 5.74) is 5.69. The monoisotopic (exact) mass is 660 g/mol. The summed E-state index contributed by atoms with van der Waals surface area (Å²) in [6.07, 6.45) is 7.11. The SMILES string of the molecule is CC(C)(C)S(=O)(=O)c1cc2c(Nc3ccc4scnc4c3)ccnc2cc1OCCCN1CCC(c2cnc(C(=O)O)cn2)CC1. The van der Waals surface area contributed by atoms with Crippen molar-refractivity contribution in [1.29, 1.82) is 0 Å². The first-order valence-corrected chi connectivity index (χ1v) is 17.5. The molecule has 0 atom stereocenters. The summed E-state index contributed by atoms with van der Waals surface area (Å²) in [4.78, 5) is 30.8. The van der Waals surface area contributed by atoms with Crippen molar-refractivity contribution in [3.8, 4) is 5.75 Å². The number of sulfone groups is 1. The molecular formula is C33H36N6O5S2. The third kappa shape index (κ3) is 6.67. The molecule has 2 aromatic carbocycles. The number of aromatic carboxylic acids is 1. The van der Waals surface area contributed by atoms with Crippen molar-refractivity contribution >= 4 is 59.6 Å². The van der Waals surface area contributed by atoms with Crippen LogP contribution in [0.2, 0.25) is 0 Å². The predicted octanol–water partition coefficient (Wildman–Crippen LogP) is 6.30. The maximum atomic E-state index is 13.8. The molecule has 240 valence electrons. The van der Waals surface area contributed by atoms with Crippen molar-refractivity contribution in [1.82, 2.24) is 24.8 Å². The van der Waals surface area contributed by atoms with Gasteiger partial charge < -0.3 is 20.1 Å². The summed E-state index contributed by atoms with van der Waals surface area (Å²) in [6, 6.07) is 11.2. The van der Waals surface area contributed by atoms with E-state index < -0.39 is 20.6 Å². The first kappa shape index (κ1) is 31.8. The minimum Gasteiger partial charge on any atom is -0.492 e. The number of thiazole rings is 1. The summed E-state index contributed by atoms with van der Waals surface area (Å²) in [5.74, 6) is -0.535. The Labute approximate surface area is 271 Å². The average molecular weight is 661 g/mol. The normalized spacial score (nSPS) is 14.9. The molecule has 0 spiro atoms. The van der Waals surface area contributed by atoms with E-state index in [1.165, 1.54) is 6.20 Å². The Morgan fingerprint density at radius 1 is 1.04 bits per heavy atom. The number of aromatic nitrogens is 4. The van der Waals surface area contributed by atoms with Gasteiger partial charge >= 0.3 is 5.97 Å². The second-order valence-electron chi connectivity index (χ2n) is 12.4. The number of carbonyl (C=O) groups is 1. The van der Waals surface area contributed by atoms with Gasteiger partial charge in [-0.25, -0.2) is 23.2 Å². The molecule has 1 saturated heterocycles. The Bertz CT molecular complexity index is 1980. The van der Waals surface area contributed by atoms with Gasteiger partial charge in [-0.15, -0.1) is 11.3 Å². The number of nitrogens with one attached hydrogen (secondary N) is 1. The molecule has 3 aromatic heterocycles. The number of carboxylic acids is 1. The van der Waals surface area contributed by atoms with Crippen LogP contribution in [0.5, 0.6) is 5.75 Å². The van der Waals surface area contributed by atoms with Crippen LogP contribution in [-0.4, -0.2) is 75.3 Å². The summed E-state index contributed by atoms with van der Waals surface area (Å²) in [5, 5.41) is 13.2. The smallest absolute Gasteiger partial charge is 0.356 e. The van der Waals surface area contributed by atoms with Gasteiger partial charge in [-0.2, -0.15) is 0 Å². The number of nitrogens with zero attached hydrogens (tertiary/aromatic N) is 5. The van der Waals surface area contributed by atoms with E-state index in [9.17, 15) is 13.2 Å². The van der Waals surface area contributed by atoms with E-state index >= 15 is 0 Å². The molecule has 13 heteroatoms. The quantitative estimate of drug-likeness (QED) is 0.163. The van der Waals surface area contributed by atoms with E-state index in [4.69, 9.17) is 9.84 Å². The zero-order valence-electron chi connectivity index (χ0n) is 25.9. The van der Waals surface area contributed by atoms with Gasteiger partial charge in [-0.1, -0.05) is 0 Å². The van der Waals surface area contributed by atoms with E-state index in [1.807, 2.05) is 29.8 Å². The second kappa shape index (κ2) is 12.9. The molecule has 6 rings (SSSR count). The molecule has 0 aliphatic carbocycles. The second-order valence-corrected chi connectivity index (χ2v) is 16.0. The summed E-state index contributed by atoms with van der Waals surface area (Å²) in [6.45, 7) is 7.99. The average Bonchev–Trinajstić information content (AvgIpc) is 3.51. The minimum atomic E-state index is -3.75. The highest BCUT2D eigenvalue weighted by atomic mass is 32.2. The van der Waals surface area contributed by atoms with Gasteiger partial charge in [0.05, 0.1) is 44.5 Å². The number of benzene rings is 2. The number of anilines is 2. The van der Waals surface area contributed by atoms with E-state index in [1.54, 1.807) is 56.6 Å². The lowest BCUT2D eigenvalue weighted by Gasteiger charge is -2.31. The van der Waals surface area contributed by atoms with Crippen LogP contribution in [-0.2, 0) is 9.84 Å². The molecule has 4 heterocycles. The number of likely N-dealkylation sites (tertiary alicyclic amines) is 1. The van der Waals surface area contributed by atoms with Crippen LogP contribution in [0, 0.1) is 0 Å². The Hall–Kier alpha value is -4.20. The highest BCUT2D eigenvalue weighted by molar-refractivity contribution is 7.92. The topological polar surface area (TPSA) is 148 Å². The predicted molar refractivity (Wildman–Crippen MR) is 179 cm³/mol. The van der Waals surface area contributed by atoms with Gasteiger partial charge in [0.2, 0.25) is 0 Å². The maximum absolute atomic E-state index is 13.8. The minimum absolute atomic E-state index is 0.0521. The van der Waals surface area contributed by atoms with Gasteiger partial charge in [0.1, 0.15) is 10.6 Å². The largest absolute Gasteiger partial charge is 0.492 e. The fraction of sp³-hybridized carbons (Fsp3) is 0.364. The zero-order chi connectivity index (χ0) is 32.5. The van der Waals surface area contributed by atoms with Crippen LogP contribution in [0.25, 0.3) is 21.1 Å². The number of piperidine rings is 1. The molecule has 0 amide bonds. The van der Waals surface area contributed by atoms with Crippen LogP contribution in [0.4, 0.5) is 11.4 Å². The Kier molecular flexibility index (Phi) is 8.90. The van der Waals surface area contributed by atoms with E-state index in [0.717, 1.165) is 66.2 Å². The molecule has 2 N–H and O–H groups in total. The lowest BCUT2D eigenvalue weighted by atomic mass is 9.93. The third-order valence-electron chi connectivity index (χ3n) is 8.29. The molecule has 46 heavy (non-hydrogen) atoms. The van der Waals surface area contributed by atoms with Crippen molar-refractivity contribution in [3.05, 3.63) is 71.9 Å². The van der Waals surface area contributed by atoms with Crippen molar-refractivity contribution in [3.63, 3.8) is 0 Å². The molecule has 0 bridgehead atoms. The summed E-state index contributed by atoms with van der Waals surface area (Å²) < 4.78 is 33.9. The molecular weight excluding hydrogens is 625 g/mol. The van der Waals surface area contributed by atoms with Crippen molar-refractivity contribution in [2.75, 3.05) is 31.6 Å². The van der Waals surface area contributed by atoms with Crippen molar-refractivity contribution in [2.45, 2.75) is 55.6 Å². The van der Waals surface area contributed by atoms with E-state index in [-0.39, 0.29) is 16.5 Å². The van der Waals surface area contributed by atoms with Gasteiger partial charge in [-0.3, -0.25) is 9.97 Å². The maximum Gasteiger partial charge on any atom is 0.356 e. The Morgan fingerprint density at radius 2 is 1.85 bits per heavy atom. The highest BCUT2D eigenvalue weighted by Gasteiger charge is 2.34. The molecule has 1 aliphatic heterocycles. The number of rotatable bonds is 10. The van der Waals surface area contributed by atoms with Crippen molar-refractivity contribution in [2.24, 2.45) is 0 Å². The van der Waals surface area contributed by atoms with Gasteiger partial charge in [0.15, 0.2) is 15.5 Å². The highest BCUT2D eigenvalue weighted by Crippen LogP contribution is 2.38. The number of hydrogen-bond donors (Lipinski definition) is 2. The fourth-order valence-electron chi connectivity index (χ4n) is 5.59. The first-order chi connectivity index (χ1) is 22.0. The van der Waals surface area contributed by atoms with Crippen LogP contribution >= 0.6 is 11.3 Å². The Morgan fingerprint density at radius 3 is 2.57 bits per heavy atom. The zero-order valence-corrected chi connectivity index (χ0v) is 27.6. The first-order valence-electron chi connectivity index (χ1n) is 15.2. The number of carboxylic acid groups (broad SMARTS) is 1.